The third kappa shape index (κ3) is 3.63. The lowest BCUT2D eigenvalue weighted by Gasteiger charge is -2.11. The minimum Gasteiger partial charge on any atom is -0.496 e. The summed E-state index contributed by atoms with van der Waals surface area (Å²) < 4.78 is 5.21. The molecule has 2 rings (SSSR count). The Morgan fingerprint density at radius 2 is 1.91 bits per heavy atom. The van der Waals surface area contributed by atoms with E-state index in [-0.39, 0.29) is 17.9 Å². The third-order valence-electron chi connectivity index (χ3n) is 3.30. The first kappa shape index (κ1) is 15.6. The molecule has 0 aliphatic carbocycles. The fourth-order valence-electron chi connectivity index (χ4n) is 2.11. The van der Waals surface area contributed by atoms with Crippen molar-refractivity contribution in [3.63, 3.8) is 0 Å². The summed E-state index contributed by atoms with van der Waals surface area (Å²) in [5.41, 5.74) is 2.21. The first-order valence-corrected chi connectivity index (χ1v) is 6.77. The second-order valence-electron chi connectivity index (χ2n) is 4.87. The Labute approximate surface area is 128 Å². The number of carboxylic acid groups (broad SMARTS) is 1. The molecule has 0 atom stereocenters. The number of hydrogen-bond acceptors (Lipinski definition) is 3. The maximum absolute atomic E-state index is 12.2. The lowest BCUT2D eigenvalue weighted by atomic mass is 10.1. The molecule has 5 heteroatoms. The van der Waals surface area contributed by atoms with E-state index >= 15 is 0 Å². The van der Waals surface area contributed by atoms with E-state index < -0.39 is 5.97 Å². The number of methoxy groups -OCH3 is 1. The van der Waals surface area contributed by atoms with E-state index in [0.717, 1.165) is 11.1 Å². The van der Waals surface area contributed by atoms with Gasteiger partial charge < -0.3 is 15.2 Å². The van der Waals surface area contributed by atoms with Crippen molar-refractivity contribution in [2.45, 2.75) is 13.3 Å². The van der Waals surface area contributed by atoms with Crippen LogP contribution in [0.1, 0.15) is 21.5 Å². The highest BCUT2D eigenvalue weighted by molar-refractivity contribution is 5.95. The molecule has 0 aliphatic rings. The number of carbonyl (C=O) groups is 2. The molecule has 0 heterocycles. The van der Waals surface area contributed by atoms with Crippen molar-refractivity contribution in [2.24, 2.45) is 0 Å². The van der Waals surface area contributed by atoms with E-state index in [2.05, 4.69) is 5.32 Å². The maximum Gasteiger partial charge on any atom is 0.335 e. The van der Waals surface area contributed by atoms with E-state index in [9.17, 15) is 9.59 Å². The monoisotopic (exact) mass is 299 g/mol. The van der Waals surface area contributed by atoms with E-state index in [1.807, 2.05) is 25.1 Å². The molecule has 1 amide bonds. The van der Waals surface area contributed by atoms with Gasteiger partial charge in [0.05, 0.1) is 19.1 Å². The third-order valence-corrected chi connectivity index (χ3v) is 3.30. The van der Waals surface area contributed by atoms with Crippen LogP contribution in [0.4, 0.5) is 5.69 Å². The summed E-state index contributed by atoms with van der Waals surface area (Å²) in [7, 11) is 1.55. The van der Waals surface area contributed by atoms with Gasteiger partial charge in [-0.2, -0.15) is 0 Å². The fraction of sp³-hybridized carbons (Fsp3) is 0.176. The van der Waals surface area contributed by atoms with Crippen molar-refractivity contribution in [1.29, 1.82) is 0 Å². The molecular weight excluding hydrogens is 282 g/mol. The van der Waals surface area contributed by atoms with Crippen LogP contribution in [0.3, 0.4) is 0 Å². The Bertz CT molecular complexity index is 710. The first-order chi connectivity index (χ1) is 10.5. The zero-order valence-electron chi connectivity index (χ0n) is 12.4. The van der Waals surface area contributed by atoms with Crippen LogP contribution in [-0.2, 0) is 11.2 Å². The number of nitrogens with one attached hydrogen (secondary N) is 1. The molecule has 5 nitrogen and oxygen atoms in total. The highest BCUT2D eigenvalue weighted by Crippen LogP contribution is 2.20. The molecule has 0 saturated heterocycles. The zero-order chi connectivity index (χ0) is 16.1. The van der Waals surface area contributed by atoms with Crippen LogP contribution < -0.4 is 10.1 Å². The van der Waals surface area contributed by atoms with Crippen molar-refractivity contribution >= 4 is 17.6 Å². The van der Waals surface area contributed by atoms with Crippen LogP contribution in [0.2, 0.25) is 0 Å². The summed E-state index contributed by atoms with van der Waals surface area (Å²) in [5.74, 6) is -0.607. The number of hydrogen-bond donors (Lipinski definition) is 2. The van der Waals surface area contributed by atoms with Gasteiger partial charge in [0.2, 0.25) is 5.91 Å². The van der Waals surface area contributed by atoms with Crippen LogP contribution in [0.5, 0.6) is 5.75 Å². The Morgan fingerprint density at radius 3 is 2.59 bits per heavy atom. The second kappa shape index (κ2) is 6.76. The Kier molecular flexibility index (Phi) is 4.78. The van der Waals surface area contributed by atoms with E-state index in [0.29, 0.717) is 11.4 Å². The van der Waals surface area contributed by atoms with Crippen LogP contribution in [0, 0.1) is 6.92 Å². The number of para-hydroxylation sites is 1. The zero-order valence-corrected chi connectivity index (χ0v) is 12.4. The van der Waals surface area contributed by atoms with Crippen molar-refractivity contribution in [3.05, 3.63) is 59.2 Å². The normalized spacial score (nSPS) is 10.1. The minimum absolute atomic E-state index is 0.137. The van der Waals surface area contributed by atoms with Crippen molar-refractivity contribution in [2.75, 3.05) is 12.4 Å². The van der Waals surface area contributed by atoms with E-state index in [1.54, 1.807) is 19.2 Å². The molecule has 0 unspecified atom stereocenters. The quantitative estimate of drug-likeness (QED) is 0.890. The lowest BCUT2D eigenvalue weighted by molar-refractivity contribution is -0.115. The van der Waals surface area contributed by atoms with Gasteiger partial charge in [0, 0.05) is 11.3 Å². The van der Waals surface area contributed by atoms with Gasteiger partial charge in [-0.3, -0.25) is 4.79 Å². The average Bonchev–Trinajstić information content (AvgIpc) is 2.49. The molecule has 0 radical (unpaired) electrons. The number of ether oxygens (including phenoxy) is 1. The predicted octanol–water partition coefficient (Wildman–Crippen LogP) is 2.88. The van der Waals surface area contributed by atoms with Crippen molar-refractivity contribution < 1.29 is 19.4 Å². The first-order valence-electron chi connectivity index (χ1n) is 6.77. The SMILES string of the molecule is COc1ccccc1CC(=O)Nc1cc(C(=O)O)ccc1C. The predicted molar refractivity (Wildman–Crippen MR) is 83.5 cm³/mol. The number of aryl methyl sites for hydroxylation is 1. The highest BCUT2D eigenvalue weighted by Gasteiger charge is 2.11. The Morgan fingerprint density at radius 1 is 1.18 bits per heavy atom. The van der Waals surface area contributed by atoms with Crippen LogP contribution >= 0.6 is 0 Å². The molecule has 2 N–H and O–H groups in total. The maximum atomic E-state index is 12.2. The molecule has 2 aromatic carbocycles. The fourth-order valence-corrected chi connectivity index (χ4v) is 2.11. The molecule has 0 spiro atoms. The summed E-state index contributed by atoms with van der Waals surface area (Å²) in [6, 6.07) is 11.9. The molecule has 0 aromatic heterocycles. The lowest BCUT2D eigenvalue weighted by Crippen LogP contribution is -2.16. The largest absolute Gasteiger partial charge is 0.496 e. The molecule has 0 saturated carbocycles. The van der Waals surface area contributed by atoms with Gasteiger partial charge in [-0.25, -0.2) is 4.79 Å². The smallest absolute Gasteiger partial charge is 0.335 e. The highest BCUT2D eigenvalue weighted by atomic mass is 16.5. The van der Waals surface area contributed by atoms with Gasteiger partial charge in [-0.1, -0.05) is 24.3 Å². The molecule has 114 valence electrons. The molecule has 0 fully saturated rings. The number of aromatic carboxylic acids is 1. The van der Waals surface area contributed by atoms with Crippen molar-refractivity contribution in [1.82, 2.24) is 0 Å². The summed E-state index contributed by atoms with van der Waals surface area (Å²) in [4.78, 5) is 23.2. The number of benzene rings is 2. The van der Waals surface area contributed by atoms with Gasteiger partial charge in [0.25, 0.3) is 0 Å². The van der Waals surface area contributed by atoms with Crippen LogP contribution in [0.15, 0.2) is 42.5 Å². The number of amides is 1. The van der Waals surface area contributed by atoms with E-state index in [1.165, 1.54) is 12.1 Å². The summed E-state index contributed by atoms with van der Waals surface area (Å²) in [5, 5.41) is 11.8. The van der Waals surface area contributed by atoms with Gasteiger partial charge in [0.1, 0.15) is 5.75 Å². The molecule has 22 heavy (non-hydrogen) atoms. The molecular formula is C17H17NO4. The number of anilines is 1. The topological polar surface area (TPSA) is 75.6 Å². The second-order valence-corrected chi connectivity index (χ2v) is 4.87. The van der Waals surface area contributed by atoms with Gasteiger partial charge in [0.15, 0.2) is 0 Å². The Balaban J connectivity index is 2.15. The minimum atomic E-state index is -1.03. The molecule has 0 aliphatic heterocycles. The number of rotatable bonds is 5. The average molecular weight is 299 g/mol. The van der Waals surface area contributed by atoms with Gasteiger partial charge >= 0.3 is 5.97 Å². The van der Waals surface area contributed by atoms with Gasteiger partial charge in [-0.05, 0) is 30.7 Å². The number of carbonyl (C=O) groups excluding carboxylic acids is 1. The van der Waals surface area contributed by atoms with Gasteiger partial charge in [-0.15, -0.1) is 0 Å². The summed E-state index contributed by atoms with van der Waals surface area (Å²) in [6.07, 6.45) is 0.154. The summed E-state index contributed by atoms with van der Waals surface area (Å²) in [6.45, 7) is 1.81. The van der Waals surface area contributed by atoms with Crippen molar-refractivity contribution in [3.8, 4) is 5.75 Å². The summed E-state index contributed by atoms with van der Waals surface area (Å²) >= 11 is 0. The standard InChI is InChI=1S/C17H17NO4/c1-11-7-8-13(17(20)21)9-14(11)18-16(19)10-12-5-3-4-6-15(12)22-2/h3-9H,10H2,1-2H3,(H,18,19)(H,20,21). The molecule has 0 bridgehead atoms. The van der Waals surface area contributed by atoms with Crippen LogP contribution in [-0.4, -0.2) is 24.1 Å². The Hall–Kier alpha value is -2.82. The molecule has 2 aromatic rings. The number of carboxylic acids is 1. The van der Waals surface area contributed by atoms with Crippen LogP contribution in [0.25, 0.3) is 0 Å². The van der Waals surface area contributed by atoms with E-state index in [4.69, 9.17) is 9.84 Å².